The van der Waals surface area contributed by atoms with Crippen molar-refractivity contribution in [3.63, 3.8) is 0 Å². The standard InChI is InChI=1S/C19H25ClN2O2/c1-12-6-3-4-8-16(12)21-19(24)14-10-18(23)22(11-14)17-9-5-7-15(20)13(17)2/h5,7,9,12,14,16H,3-4,6,8,10-11H2,1-2H3,(H,21,24)/t12-,14+,16+/m0/s1. The maximum atomic E-state index is 12.6. The van der Waals surface area contributed by atoms with Gasteiger partial charge < -0.3 is 10.2 Å². The lowest BCUT2D eigenvalue weighted by Crippen LogP contribution is -2.44. The van der Waals surface area contributed by atoms with Gasteiger partial charge in [-0.25, -0.2) is 0 Å². The largest absolute Gasteiger partial charge is 0.353 e. The van der Waals surface area contributed by atoms with E-state index in [1.54, 1.807) is 4.90 Å². The molecule has 0 aromatic heterocycles. The molecule has 1 aromatic carbocycles. The molecule has 2 aliphatic rings. The first kappa shape index (κ1) is 17.3. The highest BCUT2D eigenvalue weighted by Gasteiger charge is 2.37. The van der Waals surface area contributed by atoms with Gasteiger partial charge >= 0.3 is 0 Å². The van der Waals surface area contributed by atoms with Crippen molar-refractivity contribution in [3.8, 4) is 0 Å². The Balaban J connectivity index is 1.68. The number of nitrogens with one attached hydrogen (secondary N) is 1. The fraction of sp³-hybridized carbons (Fsp3) is 0.579. The summed E-state index contributed by atoms with van der Waals surface area (Å²) in [5, 5.41) is 3.83. The molecule has 0 bridgehead atoms. The van der Waals surface area contributed by atoms with Crippen LogP contribution < -0.4 is 10.2 Å². The zero-order valence-electron chi connectivity index (χ0n) is 14.3. The van der Waals surface area contributed by atoms with Gasteiger partial charge in [0.25, 0.3) is 0 Å². The van der Waals surface area contributed by atoms with Crippen molar-refractivity contribution < 1.29 is 9.59 Å². The molecule has 1 aliphatic heterocycles. The molecular formula is C19H25ClN2O2. The third kappa shape index (κ3) is 3.44. The fourth-order valence-corrected chi connectivity index (χ4v) is 4.01. The molecule has 0 unspecified atom stereocenters. The van der Waals surface area contributed by atoms with E-state index in [1.807, 2.05) is 25.1 Å². The lowest BCUT2D eigenvalue weighted by atomic mass is 9.85. The average molecular weight is 349 g/mol. The fourth-order valence-electron chi connectivity index (χ4n) is 3.84. The van der Waals surface area contributed by atoms with Crippen LogP contribution in [0.1, 0.15) is 44.6 Å². The van der Waals surface area contributed by atoms with Crippen LogP contribution in [-0.2, 0) is 9.59 Å². The molecule has 3 atom stereocenters. The molecule has 1 aliphatic carbocycles. The van der Waals surface area contributed by atoms with E-state index in [1.165, 1.54) is 19.3 Å². The lowest BCUT2D eigenvalue weighted by molar-refractivity contribution is -0.127. The monoisotopic (exact) mass is 348 g/mol. The maximum Gasteiger partial charge on any atom is 0.227 e. The molecule has 3 rings (SSSR count). The summed E-state index contributed by atoms with van der Waals surface area (Å²) in [6, 6.07) is 5.80. The van der Waals surface area contributed by atoms with Gasteiger partial charge in [-0.3, -0.25) is 9.59 Å². The summed E-state index contributed by atoms with van der Waals surface area (Å²) in [6.07, 6.45) is 4.91. The van der Waals surface area contributed by atoms with Crippen LogP contribution in [0.25, 0.3) is 0 Å². The first-order valence-electron chi connectivity index (χ1n) is 8.83. The predicted molar refractivity (Wildman–Crippen MR) is 96.2 cm³/mol. The van der Waals surface area contributed by atoms with Crippen LogP contribution in [0.2, 0.25) is 5.02 Å². The topological polar surface area (TPSA) is 49.4 Å². The zero-order valence-corrected chi connectivity index (χ0v) is 15.1. The van der Waals surface area contributed by atoms with Gasteiger partial charge in [0.05, 0.1) is 5.92 Å². The van der Waals surface area contributed by atoms with Crippen LogP contribution in [0.15, 0.2) is 18.2 Å². The quantitative estimate of drug-likeness (QED) is 0.905. The van der Waals surface area contributed by atoms with Crippen LogP contribution in [0.3, 0.4) is 0 Å². The highest BCUT2D eigenvalue weighted by atomic mass is 35.5. The van der Waals surface area contributed by atoms with Crippen LogP contribution >= 0.6 is 11.6 Å². The summed E-state index contributed by atoms with van der Waals surface area (Å²) >= 11 is 6.17. The number of hydrogen-bond donors (Lipinski definition) is 1. The number of benzene rings is 1. The molecule has 2 amide bonds. The normalized spacial score (nSPS) is 27.4. The average Bonchev–Trinajstić information content (AvgIpc) is 2.94. The molecule has 1 heterocycles. The Kier molecular flexibility index (Phi) is 5.14. The maximum absolute atomic E-state index is 12.6. The Hall–Kier alpha value is -1.55. The van der Waals surface area contributed by atoms with E-state index >= 15 is 0 Å². The zero-order chi connectivity index (χ0) is 17.3. The van der Waals surface area contributed by atoms with Crippen molar-refractivity contribution in [1.82, 2.24) is 5.32 Å². The first-order valence-corrected chi connectivity index (χ1v) is 9.21. The van der Waals surface area contributed by atoms with Gasteiger partial charge in [0.2, 0.25) is 11.8 Å². The molecule has 1 N–H and O–H groups in total. The van der Waals surface area contributed by atoms with Gasteiger partial charge in [-0.2, -0.15) is 0 Å². The summed E-state index contributed by atoms with van der Waals surface area (Å²) in [7, 11) is 0. The molecule has 130 valence electrons. The van der Waals surface area contributed by atoms with Crippen LogP contribution in [0.5, 0.6) is 0 Å². The number of amides is 2. The number of carbonyl (C=O) groups is 2. The number of rotatable bonds is 3. The Morgan fingerprint density at radius 2 is 2.04 bits per heavy atom. The summed E-state index contributed by atoms with van der Waals surface area (Å²) in [4.78, 5) is 26.7. The Labute approximate surface area is 148 Å². The minimum absolute atomic E-state index is 0.00258. The van der Waals surface area contributed by atoms with E-state index in [4.69, 9.17) is 11.6 Å². The molecule has 0 spiro atoms. The summed E-state index contributed by atoms with van der Waals surface area (Å²) < 4.78 is 0. The second-order valence-electron chi connectivity index (χ2n) is 7.17. The van der Waals surface area contributed by atoms with E-state index in [0.717, 1.165) is 17.7 Å². The lowest BCUT2D eigenvalue weighted by Gasteiger charge is -2.30. The van der Waals surface area contributed by atoms with E-state index in [-0.39, 0.29) is 30.2 Å². The minimum atomic E-state index is -0.273. The van der Waals surface area contributed by atoms with Crippen molar-refractivity contribution in [3.05, 3.63) is 28.8 Å². The van der Waals surface area contributed by atoms with E-state index in [9.17, 15) is 9.59 Å². The van der Waals surface area contributed by atoms with Gasteiger partial charge in [-0.1, -0.05) is 37.4 Å². The number of carbonyl (C=O) groups excluding carboxylic acids is 2. The number of hydrogen-bond acceptors (Lipinski definition) is 2. The SMILES string of the molecule is Cc1c(Cl)cccc1N1C[C@H](C(=O)N[C@@H]2CCCC[C@@H]2C)CC1=O. The molecule has 1 saturated carbocycles. The van der Waals surface area contributed by atoms with Crippen molar-refractivity contribution >= 4 is 29.1 Å². The smallest absolute Gasteiger partial charge is 0.227 e. The Morgan fingerprint density at radius 1 is 1.29 bits per heavy atom. The molecule has 2 fully saturated rings. The second kappa shape index (κ2) is 7.14. The van der Waals surface area contributed by atoms with Gasteiger partial charge in [0.1, 0.15) is 0 Å². The molecule has 1 aromatic rings. The predicted octanol–water partition coefficient (Wildman–Crippen LogP) is 3.70. The third-order valence-electron chi connectivity index (χ3n) is 5.46. The van der Waals surface area contributed by atoms with Crippen molar-refractivity contribution in [2.45, 2.75) is 52.0 Å². The van der Waals surface area contributed by atoms with E-state index in [0.29, 0.717) is 17.5 Å². The number of nitrogens with zero attached hydrogens (tertiary/aromatic N) is 1. The van der Waals surface area contributed by atoms with E-state index in [2.05, 4.69) is 12.2 Å². The summed E-state index contributed by atoms with van der Waals surface area (Å²) in [6.45, 7) is 4.54. The molecule has 5 heteroatoms. The summed E-state index contributed by atoms with van der Waals surface area (Å²) in [5.74, 6) is 0.262. The number of anilines is 1. The van der Waals surface area contributed by atoms with E-state index < -0.39 is 0 Å². The van der Waals surface area contributed by atoms with Crippen LogP contribution in [0, 0.1) is 18.8 Å². The van der Waals surface area contributed by atoms with Gasteiger partial charge in [-0.05, 0) is 43.4 Å². The van der Waals surface area contributed by atoms with Crippen molar-refractivity contribution in [2.24, 2.45) is 11.8 Å². The highest BCUT2D eigenvalue weighted by molar-refractivity contribution is 6.31. The Bertz CT molecular complexity index is 646. The molecule has 4 nitrogen and oxygen atoms in total. The molecular weight excluding hydrogens is 324 g/mol. The summed E-state index contributed by atoms with van der Waals surface area (Å²) in [5.41, 5.74) is 1.70. The van der Waals surface area contributed by atoms with Crippen molar-refractivity contribution in [2.75, 3.05) is 11.4 Å². The number of halogens is 1. The molecule has 1 saturated heterocycles. The van der Waals surface area contributed by atoms with Gasteiger partial charge in [0.15, 0.2) is 0 Å². The molecule has 24 heavy (non-hydrogen) atoms. The van der Waals surface area contributed by atoms with Crippen LogP contribution in [0.4, 0.5) is 5.69 Å². The van der Waals surface area contributed by atoms with Gasteiger partial charge in [0, 0.05) is 29.7 Å². The highest BCUT2D eigenvalue weighted by Crippen LogP contribution is 2.32. The van der Waals surface area contributed by atoms with Crippen molar-refractivity contribution in [1.29, 1.82) is 0 Å². The second-order valence-corrected chi connectivity index (χ2v) is 7.57. The Morgan fingerprint density at radius 3 is 2.79 bits per heavy atom. The third-order valence-corrected chi connectivity index (χ3v) is 5.87. The first-order chi connectivity index (χ1) is 11.5. The van der Waals surface area contributed by atoms with Gasteiger partial charge in [-0.15, -0.1) is 0 Å². The minimum Gasteiger partial charge on any atom is -0.353 e. The van der Waals surface area contributed by atoms with Crippen LogP contribution in [-0.4, -0.2) is 24.4 Å². The molecule has 0 radical (unpaired) electrons.